The van der Waals surface area contributed by atoms with E-state index < -0.39 is 29.3 Å². The van der Waals surface area contributed by atoms with Crippen LogP contribution in [0.4, 0.5) is 14.5 Å². The molecule has 1 N–H and O–H groups in total. The largest absolute Gasteiger partial charge is 0.488 e. The molecule has 1 saturated heterocycles. The molecule has 0 amide bonds. The molecule has 0 saturated carbocycles. The molecule has 1 aliphatic heterocycles. The van der Waals surface area contributed by atoms with Crippen molar-refractivity contribution in [2.75, 3.05) is 31.2 Å². The predicted molar refractivity (Wildman–Crippen MR) is 161 cm³/mol. The van der Waals surface area contributed by atoms with Gasteiger partial charge in [-0.3, -0.25) is 4.98 Å². The summed E-state index contributed by atoms with van der Waals surface area (Å²) in [5.41, 5.74) is 1.99. The lowest BCUT2D eigenvalue weighted by molar-refractivity contribution is -0.160. The second-order valence-electron chi connectivity index (χ2n) is 12.4. The molecular formula is C32H38ClF2N3O5. The van der Waals surface area contributed by atoms with Crippen molar-refractivity contribution < 1.29 is 32.9 Å². The predicted octanol–water partition coefficient (Wildman–Crippen LogP) is 7.41. The summed E-state index contributed by atoms with van der Waals surface area (Å²) in [4.78, 5) is 23.4. The van der Waals surface area contributed by atoms with Gasteiger partial charge in [-0.15, -0.1) is 0 Å². The molecule has 2 aromatic heterocycles. The van der Waals surface area contributed by atoms with Gasteiger partial charge in [-0.25, -0.2) is 18.6 Å². The normalized spacial score (nSPS) is 15.7. The zero-order valence-electron chi connectivity index (χ0n) is 25.3. The molecule has 232 valence electrons. The van der Waals surface area contributed by atoms with E-state index in [4.69, 9.17) is 25.8 Å². The summed E-state index contributed by atoms with van der Waals surface area (Å²) in [6, 6.07) is 5.06. The molecule has 1 aliphatic rings. The number of nitrogens with zero attached hydrogens (tertiary/aromatic N) is 3. The number of hydrogen-bond acceptors (Lipinski definition) is 7. The highest BCUT2D eigenvalue weighted by atomic mass is 35.5. The maximum absolute atomic E-state index is 15.3. The molecule has 1 aromatic carbocycles. The van der Waals surface area contributed by atoms with Crippen LogP contribution in [0.5, 0.6) is 11.6 Å². The highest BCUT2D eigenvalue weighted by Gasteiger charge is 2.36. The van der Waals surface area contributed by atoms with Gasteiger partial charge in [-0.1, -0.05) is 25.4 Å². The molecule has 0 radical (unpaired) electrons. The van der Waals surface area contributed by atoms with E-state index in [9.17, 15) is 14.3 Å². The number of benzene rings is 1. The van der Waals surface area contributed by atoms with E-state index in [1.165, 1.54) is 24.4 Å². The van der Waals surface area contributed by atoms with Gasteiger partial charge in [0.05, 0.1) is 16.3 Å². The average Bonchev–Trinajstić information content (AvgIpc) is 2.91. The number of halogens is 3. The summed E-state index contributed by atoms with van der Waals surface area (Å²) in [7, 11) is 0. The van der Waals surface area contributed by atoms with Crippen LogP contribution in [-0.4, -0.2) is 52.9 Å². The van der Waals surface area contributed by atoms with Crippen LogP contribution in [0.15, 0.2) is 36.7 Å². The molecule has 0 aliphatic carbocycles. The Bertz CT molecular complexity index is 1470. The second kappa shape index (κ2) is 13.0. The number of carboxylic acids is 1. The standard InChI is InChI=1S/C32H38ClF2N3O5/c1-19-26(28(30(39)40)43-31(2,3)4)27(38-11-9-32(5,6)10-12-38)22(18-36-19)20-15-24(35)29(37-17-20)42-14-13-41-25-8-7-21(34)16-23(25)33/h7-8,15-18,28H,9-14H2,1-6H3,(H,39,40)/t28-/m0/s1. The minimum Gasteiger partial charge on any atom is -0.488 e. The summed E-state index contributed by atoms with van der Waals surface area (Å²) in [6.07, 6.45) is 3.61. The molecule has 1 fully saturated rings. The van der Waals surface area contributed by atoms with Gasteiger partial charge in [0.2, 0.25) is 0 Å². The number of pyridine rings is 2. The lowest BCUT2D eigenvalue weighted by atomic mass is 9.82. The first-order chi connectivity index (χ1) is 20.1. The molecule has 8 nitrogen and oxygen atoms in total. The first-order valence-corrected chi connectivity index (χ1v) is 14.5. The van der Waals surface area contributed by atoms with Crippen LogP contribution in [0.2, 0.25) is 5.02 Å². The van der Waals surface area contributed by atoms with Crippen LogP contribution in [0.3, 0.4) is 0 Å². The van der Waals surface area contributed by atoms with Gasteiger partial charge >= 0.3 is 5.97 Å². The Morgan fingerprint density at radius 2 is 1.77 bits per heavy atom. The number of rotatable bonds is 10. The Hall–Kier alpha value is -3.50. The van der Waals surface area contributed by atoms with E-state index in [1.54, 1.807) is 33.9 Å². The molecular weight excluding hydrogens is 580 g/mol. The van der Waals surface area contributed by atoms with E-state index in [1.807, 2.05) is 0 Å². The highest BCUT2D eigenvalue weighted by Crippen LogP contribution is 2.43. The van der Waals surface area contributed by atoms with Crippen molar-refractivity contribution in [3.05, 3.63) is 64.6 Å². The second-order valence-corrected chi connectivity index (χ2v) is 12.8. The molecule has 11 heteroatoms. The Kier molecular flexibility index (Phi) is 9.81. The first kappa shape index (κ1) is 32.4. The quantitative estimate of drug-likeness (QED) is 0.235. The van der Waals surface area contributed by atoms with Crippen molar-refractivity contribution in [1.29, 1.82) is 0 Å². The zero-order valence-corrected chi connectivity index (χ0v) is 26.1. The summed E-state index contributed by atoms with van der Waals surface area (Å²) >= 11 is 5.97. The van der Waals surface area contributed by atoms with Crippen molar-refractivity contribution in [3.63, 3.8) is 0 Å². The lowest BCUT2D eigenvalue weighted by Crippen LogP contribution is -2.39. The first-order valence-electron chi connectivity index (χ1n) is 14.2. The monoisotopic (exact) mass is 617 g/mol. The number of carboxylic acid groups (broad SMARTS) is 1. The Morgan fingerprint density at radius 3 is 2.37 bits per heavy atom. The molecule has 0 spiro atoms. The van der Waals surface area contributed by atoms with E-state index in [0.717, 1.165) is 18.9 Å². The summed E-state index contributed by atoms with van der Waals surface area (Å²) in [6.45, 7) is 13.0. The van der Waals surface area contributed by atoms with E-state index in [-0.39, 0.29) is 35.3 Å². The Morgan fingerprint density at radius 1 is 1.09 bits per heavy atom. The van der Waals surface area contributed by atoms with Crippen LogP contribution >= 0.6 is 11.6 Å². The third-order valence-electron chi connectivity index (χ3n) is 7.27. The van der Waals surface area contributed by atoms with Crippen LogP contribution in [0.25, 0.3) is 11.1 Å². The number of piperidine rings is 1. The summed E-state index contributed by atoms with van der Waals surface area (Å²) in [5.74, 6) is -2.26. The minimum atomic E-state index is -1.28. The fourth-order valence-electron chi connectivity index (χ4n) is 4.96. The van der Waals surface area contributed by atoms with Crippen LogP contribution in [0, 0.1) is 24.0 Å². The maximum atomic E-state index is 15.3. The Labute approximate surface area is 256 Å². The van der Waals surface area contributed by atoms with Crippen molar-refractivity contribution in [2.45, 2.75) is 66.1 Å². The summed E-state index contributed by atoms with van der Waals surface area (Å²) < 4.78 is 45.6. The average molecular weight is 618 g/mol. The van der Waals surface area contributed by atoms with Gasteiger partial charge in [0.15, 0.2) is 11.9 Å². The van der Waals surface area contributed by atoms with Crippen LogP contribution < -0.4 is 14.4 Å². The summed E-state index contributed by atoms with van der Waals surface area (Å²) in [5, 5.41) is 10.4. The number of hydrogen-bond donors (Lipinski definition) is 1. The fraction of sp³-hybridized carbons (Fsp3) is 0.469. The van der Waals surface area contributed by atoms with E-state index in [2.05, 4.69) is 28.7 Å². The zero-order chi connectivity index (χ0) is 31.5. The topological polar surface area (TPSA) is 94.0 Å². The molecule has 43 heavy (non-hydrogen) atoms. The molecule has 4 rings (SSSR count). The van der Waals surface area contributed by atoms with E-state index in [0.29, 0.717) is 41.2 Å². The van der Waals surface area contributed by atoms with Gasteiger partial charge in [0, 0.05) is 47.9 Å². The maximum Gasteiger partial charge on any atom is 0.337 e. The number of aryl methyl sites for hydroxylation is 1. The number of ether oxygens (including phenoxy) is 3. The van der Waals surface area contributed by atoms with Gasteiger partial charge < -0.3 is 24.2 Å². The lowest BCUT2D eigenvalue weighted by Gasteiger charge is -2.40. The van der Waals surface area contributed by atoms with E-state index >= 15 is 4.39 Å². The van der Waals surface area contributed by atoms with Gasteiger partial charge in [0.1, 0.15) is 24.8 Å². The molecule has 1 atom stereocenters. The van der Waals surface area contributed by atoms with Gasteiger partial charge in [0.25, 0.3) is 5.88 Å². The van der Waals surface area contributed by atoms with Gasteiger partial charge in [-0.2, -0.15) is 0 Å². The molecule has 0 unspecified atom stereocenters. The fourth-order valence-corrected chi connectivity index (χ4v) is 5.18. The third kappa shape index (κ3) is 8.12. The number of aliphatic carboxylic acids is 1. The third-order valence-corrected chi connectivity index (χ3v) is 7.57. The smallest absolute Gasteiger partial charge is 0.337 e. The molecule has 0 bridgehead atoms. The van der Waals surface area contributed by atoms with Crippen molar-refractivity contribution in [2.24, 2.45) is 5.41 Å². The SMILES string of the molecule is Cc1ncc(-c2cnc(OCCOc3ccc(F)cc3Cl)c(F)c2)c(N2CCC(C)(C)CC2)c1[C@H](OC(C)(C)C)C(=O)O. The molecule has 3 aromatic rings. The van der Waals surface area contributed by atoms with Gasteiger partial charge in [-0.05, 0) is 70.2 Å². The van der Waals surface area contributed by atoms with Crippen molar-refractivity contribution >= 4 is 23.3 Å². The Balaban J connectivity index is 1.65. The number of carbonyl (C=O) groups is 1. The molecule has 3 heterocycles. The van der Waals surface area contributed by atoms with Crippen molar-refractivity contribution in [3.8, 4) is 22.8 Å². The number of aromatic nitrogens is 2. The van der Waals surface area contributed by atoms with Crippen LogP contribution in [-0.2, 0) is 9.53 Å². The minimum absolute atomic E-state index is 0.0271. The van der Waals surface area contributed by atoms with Crippen LogP contribution in [0.1, 0.15) is 64.8 Å². The highest BCUT2D eigenvalue weighted by molar-refractivity contribution is 6.32. The van der Waals surface area contributed by atoms with Crippen molar-refractivity contribution in [1.82, 2.24) is 9.97 Å². The number of anilines is 1.